The molecule has 8 heteroatoms. The number of nitro groups is 2. The summed E-state index contributed by atoms with van der Waals surface area (Å²) in [5.41, 5.74) is -0.0629. The molecule has 7 nitrogen and oxygen atoms in total. The Kier molecular flexibility index (Phi) is 4.99. The standard InChI is InChI=1S/C12H8N2O5.ClH/c15-13(16)9-1-5-11(6-2-9)19-12-7-3-10(4-8-12)14(17)18;/h1-8H;1H. The molecular weight excluding hydrogens is 288 g/mol. The number of rotatable bonds is 4. The predicted octanol–water partition coefficient (Wildman–Crippen LogP) is 3.72. The molecule has 0 aliphatic rings. The fourth-order valence-electron chi connectivity index (χ4n) is 1.41. The number of nitro benzene ring substituents is 2. The van der Waals surface area contributed by atoms with Crippen molar-refractivity contribution in [3.63, 3.8) is 0 Å². The molecule has 20 heavy (non-hydrogen) atoms. The number of halogens is 1. The second kappa shape index (κ2) is 6.48. The lowest BCUT2D eigenvalue weighted by atomic mass is 10.3. The van der Waals surface area contributed by atoms with Crippen LogP contribution in [0, 0.1) is 20.2 Å². The van der Waals surface area contributed by atoms with E-state index in [2.05, 4.69) is 0 Å². The molecule has 0 saturated carbocycles. The van der Waals surface area contributed by atoms with Gasteiger partial charge >= 0.3 is 0 Å². The van der Waals surface area contributed by atoms with Gasteiger partial charge in [-0.15, -0.1) is 12.4 Å². The summed E-state index contributed by atoms with van der Waals surface area (Å²) >= 11 is 0. The van der Waals surface area contributed by atoms with Gasteiger partial charge in [0, 0.05) is 24.3 Å². The van der Waals surface area contributed by atoms with E-state index in [0.29, 0.717) is 11.5 Å². The van der Waals surface area contributed by atoms with E-state index in [4.69, 9.17) is 4.74 Å². The smallest absolute Gasteiger partial charge is 0.269 e. The van der Waals surface area contributed by atoms with Crippen molar-refractivity contribution in [2.24, 2.45) is 0 Å². The van der Waals surface area contributed by atoms with Crippen molar-refractivity contribution in [1.29, 1.82) is 0 Å². The number of non-ortho nitro benzene ring substituents is 2. The van der Waals surface area contributed by atoms with Crippen molar-refractivity contribution in [2.75, 3.05) is 0 Å². The highest BCUT2D eigenvalue weighted by atomic mass is 35.5. The average molecular weight is 297 g/mol. The number of nitrogens with zero attached hydrogens (tertiary/aromatic N) is 2. The van der Waals surface area contributed by atoms with Crippen LogP contribution in [0.3, 0.4) is 0 Å². The molecule has 2 rings (SSSR count). The van der Waals surface area contributed by atoms with Gasteiger partial charge in [-0.1, -0.05) is 0 Å². The molecule has 0 unspecified atom stereocenters. The van der Waals surface area contributed by atoms with Crippen LogP contribution in [0.15, 0.2) is 48.5 Å². The summed E-state index contributed by atoms with van der Waals surface area (Å²) < 4.78 is 5.40. The highest BCUT2D eigenvalue weighted by Gasteiger charge is 2.07. The third-order valence-corrected chi connectivity index (χ3v) is 2.33. The molecule has 0 radical (unpaired) electrons. The minimum absolute atomic E-state index is 0. The molecule has 0 saturated heterocycles. The quantitative estimate of drug-likeness (QED) is 0.633. The van der Waals surface area contributed by atoms with Crippen LogP contribution in [0.25, 0.3) is 0 Å². The zero-order valence-electron chi connectivity index (χ0n) is 9.96. The lowest BCUT2D eigenvalue weighted by Crippen LogP contribution is -1.89. The maximum atomic E-state index is 10.5. The Labute approximate surface area is 119 Å². The van der Waals surface area contributed by atoms with Crippen molar-refractivity contribution in [2.45, 2.75) is 0 Å². The van der Waals surface area contributed by atoms with E-state index in [0.717, 1.165) is 0 Å². The Morgan fingerprint density at radius 3 is 1.25 bits per heavy atom. The summed E-state index contributed by atoms with van der Waals surface area (Å²) in [5, 5.41) is 20.9. The van der Waals surface area contributed by atoms with Crippen LogP contribution in [0.1, 0.15) is 0 Å². The monoisotopic (exact) mass is 296 g/mol. The lowest BCUT2D eigenvalue weighted by molar-refractivity contribution is -0.385. The molecule has 0 aliphatic heterocycles. The molecule has 0 amide bonds. The van der Waals surface area contributed by atoms with Crippen LogP contribution in [0.5, 0.6) is 11.5 Å². The van der Waals surface area contributed by atoms with Crippen LogP contribution in [0.2, 0.25) is 0 Å². The van der Waals surface area contributed by atoms with Crippen LogP contribution in [0.4, 0.5) is 11.4 Å². The Morgan fingerprint density at radius 1 is 0.700 bits per heavy atom. The van der Waals surface area contributed by atoms with Crippen molar-refractivity contribution in [3.05, 3.63) is 68.8 Å². The van der Waals surface area contributed by atoms with E-state index in [-0.39, 0.29) is 23.8 Å². The molecule has 0 N–H and O–H groups in total. The topological polar surface area (TPSA) is 95.5 Å². The summed E-state index contributed by atoms with van der Waals surface area (Å²) in [7, 11) is 0. The number of ether oxygens (including phenoxy) is 1. The van der Waals surface area contributed by atoms with Crippen LogP contribution in [-0.4, -0.2) is 9.85 Å². The summed E-state index contributed by atoms with van der Waals surface area (Å²) in [6.07, 6.45) is 0. The fourth-order valence-corrected chi connectivity index (χ4v) is 1.41. The van der Waals surface area contributed by atoms with E-state index >= 15 is 0 Å². The molecule has 0 atom stereocenters. The Morgan fingerprint density at radius 2 is 1.00 bits per heavy atom. The van der Waals surface area contributed by atoms with Crippen LogP contribution in [-0.2, 0) is 0 Å². The fraction of sp³-hybridized carbons (Fsp3) is 0. The average Bonchev–Trinajstić information content (AvgIpc) is 2.40. The first-order chi connectivity index (χ1) is 9.06. The number of hydrogen-bond acceptors (Lipinski definition) is 5. The predicted molar refractivity (Wildman–Crippen MR) is 73.5 cm³/mol. The molecule has 0 heterocycles. The lowest BCUT2D eigenvalue weighted by Gasteiger charge is -2.04. The SMILES string of the molecule is Cl.O=[N+]([O-])c1ccc(Oc2ccc([N+](=O)[O-])cc2)cc1. The highest BCUT2D eigenvalue weighted by Crippen LogP contribution is 2.25. The third-order valence-electron chi connectivity index (χ3n) is 2.33. The molecule has 0 aliphatic carbocycles. The van der Waals surface area contributed by atoms with E-state index in [1.165, 1.54) is 48.5 Å². The van der Waals surface area contributed by atoms with Crippen molar-refractivity contribution >= 4 is 23.8 Å². The van der Waals surface area contributed by atoms with Crippen molar-refractivity contribution < 1.29 is 14.6 Å². The Bertz CT molecular complexity index is 557. The molecule has 0 bridgehead atoms. The molecular formula is C12H9ClN2O5. The van der Waals surface area contributed by atoms with E-state index < -0.39 is 9.85 Å². The second-order valence-corrected chi connectivity index (χ2v) is 3.60. The Balaban J connectivity index is 0.00000200. The zero-order valence-corrected chi connectivity index (χ0v) is 10.8. The maximum absolute atomic E-state index is 10.5. The van der Waals surface area contributed by atoms with Gasteiger partial charge in [-0.2, -0.15) is 0 Å². The van der Waals surface area contributed by atoms with Gasteiger partial charge in [0.05, 0.1) is 9.85 Å². The van der Waals surface area contributed by atoms with Gasteiger partial charge in [0.2, 0.25) is 0 Å². The van der Waals surface area contributed by atoms with Gasteiger partial charge < -0.3 is 4.74 Å². The van der Waals surface area contributed by atoms with Crippen molar-refractivity contribution in [3.8, 4) is 11.5 Å². The minimum atomic E-state index is -0.504. The Hall–Kier alpha value is -2.67. The molecule has 2 aromatic carbocycles. The third kappa shape index (κ3) is 3.66. The summed E-state index contributed by atoms with van der Waals surface area (Å²) in [4.78, 5) is 19.9. The first kappa shape index (κ1) is 15.4. The maximum Gasteiger partial charge on any atom is 0.269 e. The zero-order chi connectivity index (χ0) is 13.8. The van der Waals surface area contributed by atoms with E-state index in [1.54, 1.807) is 0 Å². The summed E-state index contributed by atoms with van der Waals surface area (Å²) in [6, 6.07) is 11.1. The largest absolute Gasteiger partial charge is 0.457 e. The van der Waals surface area contributed by atoms with Crippen molar-refractivity contribution in [1.82, 2.24) is 0 Å². The first-order valence-electron chi connectivity index (χ1n) is 5.23. The summed E-state index contributed by atoms with van der Waals surface area (Å²) in [6.45, 7) is 0. The normalized spacial score (nSPS) is 9.40. The van der Waals surface area contributed by atoms with E-state index in [1.807, 2.05) is 0 Å². The van der Waals surface area contributed by atoms with E-state index in [9.17, 15) is 20.2 Å². The van der Waals surface area contributed by atoms with Crippen LogP contribution >= 0.6 is 12.4 Å². The second-order valence-electron chi connectivity index (χ2n) is 3.60. The molecule has 0 aromatic heterocycles. The van der Waals surface area contributed by atoms with Gasteiger partial charge in [-0.05, 0) is 24.3 Å². The number of hydrogen-bond donors (Lipinski definition) is 0. The van der Waals surface area contributed by atoms with Gasteiger partial charge in [0.1, 0.15) is 11.5 Å². The van der Waals surface area contributed by atoms with Gasteiger partial charge in [-0.3, -0.25) is 20.2 Å². The minimum Gasteiger partial charge on any atom is -0.457 e. The molecule has 104 valence electrons. The van der Waals surface area contributed by atoms with Gasteiger partial charge in [0.15, 0.2) is 0 Å². The molecule has 0 spiro atoms. The molecule has 0 fully saturated rings. The van der Waals surface area contributed by atoms with Crippen LogP contribution < -0.4 is 4.74 Å². The summed E-state index contributed by atoms with van der Waals surface area (Å²) in [5.74, 6) is 0.832. The van der Waals surface area contributed by atoms with Gasteiger partial charge in [-0.25, -0.2) is 0 Å². The molecule has 2 aromatic rings. The highest BCUT2D eigenvalue weighted by molar-refractivity contribution is 5.85. The first-order valence-corrected chi connectivity index (χ1v) is 5.23. The number of benzene rings is 2. The van der Waals surface area contributed by atoms with Gasteiger partial charge in [0.25, 0.3) is 11.4 Å².